The Morgan fingerprint density at radius 2 is 1.96 bits per heavy atom. The largest absolute Gasteiger partial charge is 0.441 e. The second-order valence-electron chi connectivity index (χ2n) is 6.53. The minimum absolute atomic E-state index is 0.0110. The number of oxazole rings is 1. The summed E-state index contributed by atoms with van der Waals surface area (Å²) in [6, 6.07) is 12.5. The van der Waals surface area contributed by atoms with Crippen LogP contribution in [-0.4, -0.2) is 17.4 Å². The standard InChI is InChI=1S/C22H23FN2O2/c1-4-25(19-13-15(2)9-10-16(19)3)22(26)12-11-21-24-14-20(27-21)17-7-5-6-8-18(17)23/h5-10,13-14H,4,11-12H2,1-3H3. The number of nitrogens with zero attached hydrogens (tertiary/aromatic N) is 2. The van der Waals surface area contributed by atoms with Crippen molar-refractivity contribution in [2.24, 2.45) is 0 Å². The number of carbonyl (C=O) groups is 1. The van der Waals surface area contributed by atoms with Crippen LogP contribution in [0.5, 0.6) is 0 Å². The monoisotopic (exact) mass is 366 g/mol. The number of amides is 1. The van der Waals surface area contributed by atoms with E-state index in [9.17, 15) is 9.18 Å². The summed E-state index contributed by atoms with van der Waals surface area (Å²) in [5.41, 5.74) is 3.48. The van der Waals surface area contributed by atoms with Crippen LogP contribution in [0.3, 0.4) is 0 Å². The van der Waals surface area contributed by atoms with Crippen molar-refractivity contribution >= 4 is 11.6 Å². The molecule has 140 valence electrons. The van der Waals surface area contributed by atoms with Crippen LogP contribution in [0, 0.1) is 19.7 Å². The highest BCUT2D eigenvalue weighted by Crippen LogP contribution is 2.25. The Morgan fingerprint density at radius 3 is 2.70 bits per heavy atom. The van der Waals surface area contributed by atoms with E-state index in [1.165, 1.54) is 12.3 Å². The summed E-state index contributed by atoms with van der Waals surface area (Å²) >= 11 is 0. The van der Waals surface area contributed by atoms with Crippen molar-refractivity contribution in [3.8, 4) is 11.3 Å². The molecule has 0 aliphatic rings. The van der Waals surface area contributed by atoms with E-state index < -0.39 is 0 Å². The highest BCUT2D eigenvalue weighted by molar-refractivity contribution is 5.94. The maximum atomic E-state index is 13.9. The summed E-state index contributed by atoms with van der Waals surface area (Å²) < 4.78 is 19.5. The van der Waals surface area contributed by atoms with Gasteiger partial charge in [0.1, 0.15) is 5.82 Å². The smallest absolute Gasteiger partial charge is 0.227 e. The molecule has 0 aliphatic heterocycles. The van der Waals surface area contributed by atoms with E-state index in [1.54, 1.807) is 23.1 Å². The van der Waals surface area contributed by atoms with Gasteiger partial charge in [-0.25, -0.2) is 9.37 Å². The Labute approximate surface area is 158 Å². The normalized spacial score (nSPS) is 10.8. The van der Waals surface area contributed by atoms with Gasteiger partial charge in [-0.05, 0) is 50.1 Å². The molecule has 0 bridgehead atoms. The van der Waals surface area contributed by atoms with Crippen LogP contribution in [0.4, 0.5) is 10.1 Å². The van der Waals surface area contributed by atoms with Gasteiger partial charge in [0.15, 0.2) is 11.7 Å². The molecule has 27 heavy (non-hydrogen) atoms. The molecule has 0 atom stereocenters. The summed E-state index contributed by atoms with van der Waals surface area (Å²) in [4.78, 5) is 18.7. The highest BCUT2D eigenvalue weighted by Gasteiger charge is 2.18. The molecule has 0 radical (unpaired) electrons. The first-order chi connectivity index (χ1) is 13.0. The molecule has 0 saturated heterocycles. The average Bonchev–Trinajstić information content (AvgIpc) is 3.12. The number of aromatic nitrogens is 1. The number of anilines is 1. The van der Waals surface area contributed by atoms with Crippen LogP contribution in [0.25, 0.3) is 11.3 Å². The molecule has 4 nitrogen and oxygen atoms in total. The Hall–Kier alpha value is -2.95. The predicted molar refractivity (Wildman–Crippen MR) is 104 cm³/mol. The van der Waals surface area contributed by atoms with Crippen molar-refractivity contribution in [2.45, 2.75) is 33.6 Å². The van der Waals surface area contributed by atoms with E-state index in [4.69, 9.17) is 4.42 Å². The van der Waals surface area contributed by atoms with E-state index in [-0.39, 0.29) is 18.1 Å². The summed E-state index contributed by atoms with van der Waals surface area (Å²) in [6.45, 7) is 6.56. The highest BCUT2D eigenvalue weighted by atomic mass is 19.1. The second-order valence-corrected chi connectivity index (χ2v) is 6.53. The van der Waals surface area contributed by atoms with Crippen molar-refractivity contribution in [3.63, 3.8) is 0 Å². The van der Waals surface area contributed by atoms with Crippen LogP contribution >= 0.6 is 0 Å². The van der Waals surface area contributed by atoms with Crippen LogP contribution in [0.1, 0.15) is 30.4 Å². The maximum absolute atomic E-state index is 13.9. The number of aryl methyl sites for hydroxylation is 3. The van der Waals surface area contributed by atoms with Crippen LogP contribution in [0.2, 0.25) is 0 Å². The van der Waals surface area contributed by atoms with Crippen LogP contribution in [-0.2, 0) is 11.2 Å². The zero-order valence-corrected chi connectivity index (χ0v) is 15.8. The average molecular weight is 366 g/mol. The van der Waals surface area contributed by atoms with Crippen molar-refractivity contribution < 1.29 is 13.6 Å². The first kappa shape index (κ1) is 18.8. The molecule has 0 unspecified atom stereocenters. The van der Waals surface area contributed by atoms with Gasteiger partial charge in [0.05, 0.1) is 11.8 Å². The lowest BCUT2D eigenvalue weighted by molar-refractivity contribution is -0.118. The van der Waals surface area contributed by atoms with Crippen LogP contribution < -0.4 is 4.90 Å². The predicted octanol–water partition coefficient (Wildman–Crippen LogP) is 5.08. The van der Waals surface area contributed by atoms with Gasteiger partial charge in [0, 0.05) is 25.1 Å². The molecule has 1 aromatic heterocycles. The minimum atomic E-state index is -0.358. The van der Waals surface area contributed by atoms with Gasteiger partial charge in [0.25, 0.3) is 0 Å². The third-order valence-corrected chi connectivity index (χ3v) is 4.52. The maximum Gasteiger partial charge on any atom is 0.227 e. The Kier molecular flexibility index (Phi) is 5.69. The molecule has 5 heteroatoms. The molecule has 2 aromatic carbocycles. The van der Waals surface area contributed by atoms with E-state index in [0.717, 1.165) is 16.8 Å². The molecule has 0 spiro atoms. The van der Waals surface area contributed by atoms with Gasteiger partial charge in [-0.1, -0.05) is 24.3 Å². The number of carbonyl (C=O) groups excluding carboxylic acids is 1. The summed E-state index contributed by atoms with van der Waals surface area (Å²) in [7, 11) is 0. The first-order valence-corrected chi connectivity index (χ1v) is 9.06. The topological polar surface area (TPSA) is 46.3 Å². The Morgan fingerprint density at radius 1 is 1.19 bits per heavy atom. The fourth-order valence-electron chi connectivity index (χ4n) is 3.05. The van der Waals surface area contributed by atoms with E-state index in [2.05, 4.69) is 4.98 Å². The van der Waals surface area contributed by atoms with Crippen molar-refractivity contribution in [2.75, 3.05) is 11.4 Å². The molecular formula is C22H23FN2O2. The zero-order valence-electron chi connectivity index (χ0n) is 15.8. The molecular weight excluding hydrogens is 343 g/mol. The van der Waals surface area contributed by atoms with E-state index >= 15 is 0 Å². The summed E-state index contributed by atoms with van der Waals surface area (Å²) in [5, 5.41) is 0. The van der Waals surface area contributed by atoms with Crippen LogP contribution in [0.15, 0.2) is 53.1 Å². The molecule has 0 aliphatic carbocycles. The van der Waals surface area contributed by atoms with Gasteiger partial charge < -0.3 is 9.32 Å². The van der Waals surface area contributed by atoms with Gasteiger partial charge in [-0.15, -0.1) is 0 Å². The second kappa shape index (κ2) is 8.16. The number of halogens is 1. The van der Waals surface area contributed by atoms with Gasteiger partial charge in [0.2, 0.25) is 5.91 Å². The minimum Gasteiger partial charge on any atom is -0.441 e. The molecule has 0 N–H and O–H groups in total. The van der Waals surface area contributed by atoms with Gasteiger partial charge in [-0.2, -0.15) is 0 Å². The van der Waals surface area contributed by atoms with Crippen molar-refractivity contribution in [1.29, 1.82) is 0 Å². The van der Waals surface area contributed by atoms with E-state index in [0.29, 0.717) is 30.2 Å². The molecule has 1 amide bonds. The SMILES string of the molecule is CCN(C(=O)CCc1ncc(-c2ccccc2F)o1)c1cc(C)ccc1C. The summed E-state index contributed by atoms with van der Waals surface area (Å²) in [5.74, 6) is 0.455. The zero-order chi connectivity index (χ0) is 19.4. The third kappa shape index (κ3) is 4.25. The lowest BCUT2D eigenvalue weighted by Gasteiger charge is -2.23. The third-order valence-electron chi connectivity index (χ3n) is 4.52. The van der Waals surface area contributed by atoms with Gasteiger partial charge in [-0.3, -0.25) is 4.79 Å². The Bertz CT molecular complexity index is 949. The lowest BCUT2D eigenvalue weighted by Crippen LogP contribution is -2.31. The number of hydrogen-bond donors (Lipinski definition) is 0. The molecule has 3 aromatic rings. The number of benzene rings is 2. The Balaban J connectivity index is 1.70. The molecule has 3 rings (SSSR count). The molecule has 0 fully saturated rings. The number of hydrogen-bond acceptors (Lipinski definition) is 3. The first-order valence-electron chi connectivity index (χ1n) is 9.06. The molecule has 1 heterocycles. The lowest BCUT2D eigenvalue weighted by atomic mass is 10.1. The fraction of sp³-hybridized carbons (Fsp3) is 0.273. The molecule has 0 saturated carbocycles. The fourth-order valence-corrected chi connectivity index (χ4v) is 3.05. The van der Waals surface area contributed by atoms with E-state index in [1.807, 2.05) is 39.0 Å². The van der Waals surface area contributed by atoms with Crippen molar-refractivity contribution in [3.05, 3.63) is 71.5 Å². The quantitative estimate of drug-likeness (QED) is 0.611. The summed E-state index contributed by atoms with van der Waals surface area (Å²) in [6.07, 6.45) is 2.15. The van der Waals surface area contributed by atoms with Gasteiger partial charge >= 0.3 is 0 Å². The number of rotatable bonds is 6. The van der Waals surface area contributed by atoms with Crippen molar-refractivity contribution in [1.82, 2.24) is 4.98 Å².